The first-order valence-corrected chi connectivity index (χ1v) is 5.88. The number of carbonyl (C=O) groups is 1. The fourth-order valence-electron chi connectivity index (χ4n) is 2.08. The molecule has 18 heavy (non-hydrogen) atoms. The third kappa shape index (κ3) is 2.12. The van der Waals surface area contributed by atoms with Crippen molar-refractivity contribution in [2.24, 2.45) is 5.84 Å². The summed E-state index contributed by atoms with van der Waals surface area (Å²) in [5, 5.41) is 0.657. The summed E-state index contributed by atoms with van der Waals surface area (Å²) in [7, 11) is 0. The van der Waals surface area contributed by atoms with Gasteiger partial charge in [0, 0.05) is 22.1 Å². The topological polar surface area (TPSA) is 60.1 Å². The van der Waals surface area contributed by atoms with Gasteiger partial charge in [-0.05, 0) is 38.1 Å². The zero-order valence-electron chi connectivity index (χ0n) is 10.2. The van der Waals surface area contributed by atoms with Gasteiger partial charge in [-0.2, -0.15) is 0 Å². The minimum Gasteiger partial charge on any atom is -0.318 e. The number of nitrogens with one attached hydrogen (secondary N) is 1. The number of benzene rings is 1. The van der Waals surface area contributed by atoms with Crippen molar-refractivity contribution < 1.29 is 4.79 Å². The van der Waals surface area contributed by atoms with Crippen LogP contribution < -0.4 is 11.3 Å². The summed E-state index contributed by atoms with van der Waals surface area (Å²) in [6.07, 6.45) is 0. The maximum Gasteiger partial charge on any atom is 0.267 e. The van der Waals surface area contributed by atoms with Gasteiger partial charge < -0.3 is 4.57 Å². The number of nitrogens with two attached hydrogens (primary N) is 1. The van der Waals surface area contributed by atoms with Crippen LogP contribution in [0.2, 0.25) is 5.02 Å². The Balaban J connectivity index is 2.59. The highest BCUT2D eigenvalue weighted by Crippen LogP contribution is 2.22. The number of hydrogen-bond donors (Lipinski definition) is 2. The Morgan fingerprint density at radius 2 is 2.06 bits per heavy atom. The van der Waals surface area contributed by atoms with Gasteiger partial charge in [0.2, 0.25) is 0 Å². The molecule has 1 aromatic carbocycles. The fraction of sp³-hybridized carbons (Fsp3) is 0.154. The molecule has 0 saturated heterocycles. The van der Waals surface area contributed by atoms with Gasteiger partial charge in [-0.1, -0.05) is 17.7 Å². The normalized spacial score (nSPS) is 10.4. The first kappa shape index (κ1) is 12.7. The van der Waals surface area contributed by atoms with Gasteiger partial charge in [-0.3, -0.25) is 10.2 Å². The van der Waals surface area contributed by atoms with Gasteiger partial charge in [-0.25, -0.2) is 5.84 Å². The van der Waals surface area contributed by atoms with Crippen molar-refractivity contribution in [2.45, 2.75) is 13.8 Å². The van der Waals surface area contributed by atoms with Crippen LogP contribution in [0, 0.1) is 13.8 Å². The van der Waals surface area contributed by atoms with Crippen molar-refractivity contribution >= 4 is 17.5 Å². The molecule has 0 atom stereocenters. The monoisotopic (exact) mass is 263 g/mol. The predicted octanol–water partition coefficient (Wildman–Crippen LogP) is 2.35. The molecule has 4 nitrogen and oxygen atoms in total. The van der Waals surface area contributed by atoms with Crippen LogP contribution in [0.25, 0.3) is 5.69 Å². The van der Waals surface area contributed by atoms with Crippen LogP contribution in [0.15, 0.2) is 30.3 Å². The van der Waals surface area contributed by atoms with Gasteiger partial charge in [0.05, 0.1) is 5.56 Å². The van der Waals surface area contributed by atoms with Crippen LogP contribution in [-0.4, -0.2) is 10.5 Å². The lowest BCUT2D eigenvalue weighted by molar-refractivity contribution is 0.0953. The number of aryl methyl sites for hydroxylation is 1. The minimum absolute atomic E-state index is 0.295. The highest BCUT2D eigenvalue weighted by Gasteiger charge is 2.15. The van der Waals surface area contributed by atoms with E-state index in [-0.39, 0.29) is 5.91 Å². The third-order valence-corrected chi connectivity index (χ3v) is 3.11. The highest BCUT2D eigenvalue weighted by atomic mass is 35.5. The lowest BCUT2D eigenvalue weighted by atomic mass is 10.2. The van der Waals surface area contributed by atoms with E-state index < -0.39 is 0 Å². The second-order valence-corrected chi connectivity index (χ2v) is 4.51. The van der Waals surface area contributed by atoms with Crippen LogP contribution in [0.4, 0.5) is 0 Å². The van der Waals surface area contributed by atoms with E-state index in [9.17, 15) is 4.79 Å². The molecule has 1 aromatic heterocycles. The van der Waals surface area contributed by atoms with E-state index in [1.54, 1.807) is 6.07 Å². The van der Waals surface area contributed by atoms with E-state index in [2.05, 4.69) is 5.43 Å². The van der Waals surface area contributed by atoms with E-state index in [1.807, 2.05) is 42.7 Å². The lowest BCUT2D eigenvalue weighted by Crippen LogP contribution is -2.30. The van der Waals surface area contributed by atoms with Crippen molar-refractivity contribution in [1.29, 1.82) is 0 Å². The average Bonchev–Trinajstić information content (AvgIpc) is 2.64. The third-order valence-electron chi connectivity index (χ3n) is 2.87. The largest absolute Gasteiger partial charge is 0.318 e. The molecule has 0 aliphatic carbocycles. The molecule has 0 radical (unpaired) electrons. The molecule has 2 aromatic rings. The number of carbonyl (C=O) groups excluding carboxylic acids is 1. The number of hydrogen-bond acceptors (Lipinski definition) is 2. The smallest absolute Gasteiger partial charge is 0.267 e. The van der Waals surface area contributed by atoms with Crippen LogP contribution in [0.5, 0.6) is 0 Å². The van der Waals surface area contributed by atoms with E-state index in [0.29, 0.717) is 10.6 Å². The number of nitrogens with zero attached hydrogens (tertiary/aromatic N) is 1. The Hall–Kier alpha value is -1.78. The van der Waals surface area contributed by atoms with Crippen LogP contribution in [0.3, 0.4) is 0 Å². The van der Waals surface area contributed by atoms with Crippen molar-refractivity contribution in [3.05, 3.63) is 52.3 Å². The van der Waals surface area contributed by atoms with E-state index in [0.717, 1.165) is 17.1 Å². The summed E-state index contributed by atoms with van der Waals surface area (Å²) in [5.74, 6) is 4.87. The quantitative estimate of drug-likeness (QED) is 0.496. The molecule has 1 amide bonds. The summed E-state index contributed by atoms with van der Waals surface area (Å²) < 4.78 is 1.97. The predicted molar refractivity (Wildman–Crippen MR) is 71.9 cm³/mol. The minimum atomic E-state index is -0.295. The Labute approximate surface area is 110 Å². The molecule has 3 N–H and O–H groups in total. The summed E-state index contributed by atoms with van der Waals surface area (Å²) in [6.45, 7) is 3.81. The maximum atomic E-state index is 11.6. The molecule has 0 aliphatic heterocycles. The summed E-state index contributed by atoms with van der Waals surface area (Å²) >= 11 is 5.98. The second-order valence-electron chi connectivity index (χ2n) is 4.07. The molecular formula is C13H14ClN3O. The summed E-state index contributed by atoms with van der Waals surface area (Å²) in [5.41, 5.74) is 5.42. The Morgan fingerprint density at radius 3 is 2.67 bits per heavy atom. The SMILES string of the molecule is Cc1cc(C(=O)NN)c(C)n1-c1cccc(Cl)c1. The van der Waals surface area contributed by atoms with Gasteiger partial charge in [0.25, 0.3) is 5.91 Å². The molecule has 0 bridgehead atoms. The number of halogens is 1. The van der Waals surface area contributed by atoms with E-state index in [1.165, 1.54) is 0 Å². The molecule has 94 valence electrons. The summed E-state index contributed by atoms with van der Waals surface area (Å²) in [6, 6.07) is 9.28. The van der Waals surface area contributed by atoms with Gasteiger partial charge >= 0.3 is 0 Å². The van der Waals surface area contributed by atoms with Gasteiger partial charge in [-0.15, -0.1) is 0 Å². The van der Waals surface area contributed by atoms with Crippen molar-refractivity contribution in [2.75, 3.05) is 0 Å². The van der Waals surface area contributed by atoms with Gasteiger partial charge in [0.1, 0.15) is 0 Å². The van der Waals surface area contributed by atoms with Crippen LogP contribution >= 0.6 is 11.6 Å². The molecule has 0 spiro atoms. The number of amides is 1. The fourth-order valence-corrected chi connectivity index (χ4v) is 2.27. The van der Waals surface area contributed by atoms with E-state index in [4.69, 9.17) is 17.4 Å². The Morgan fingerprint density at radius 1 is 1.33 bits per heavy atom. The number of hydrazine groups is 1. The molecule has 1 heterocycles. The number of nitrogen functional groups attached to an aromatic ring is 1. The number of rotatable bonds is 2. The zero-order chi connectivity index (χ0) is 13.3. The van der Waals surface area contributed by atoms with Crippen LogP contribution in [-0.2, 0) is 0 Å². The Bertz CT molecular complexity index is 604. The Kier molecular flexibility index (Phi) is 3.41. The average molecular weight is 264 g/mol. The molecule has 5 heteroatoms. The first-order chi connectivity index (χ1) is 8.54. The highest BCUT2D eigenvalue weighted by molar-refractivity contribution is 6.30. The summed E-state index contributed by atoms with van der Waals surface area (Å²) in [4.78, 5) is 11.6. The van der Waals surface area contributed by atoms with Crippen molar-refractivity contribution in [1.82, 2.24) is 9.99 Å². The molecular weight excluding hydrogens is 250 g/mol. The maximum absolute atomic E-state index is 11.6. The molecule has 0 saturated carbocycles. The lowest BCUT2D eigenvalue weighted by Gasteiger charge is -2.10. The van der Waals surface area contributed by atoms with E-state index >= 15 is 0 Å². The molecule has 2 rings (SSSR count). The molecule has 0 aliphatic rings. The molecule has 0 unspecified atom stereocenters. The van der Waals surface area contributed by atoms with Crippen molar-refractivity contribution in [3.63, 3.8) is 0 Å². The first-order valence-electron chi connectivity index (χ1n) is 5.50. The number of aromatic nitrogens is 1. The second kappa shape index (κ2) is 4.84. The van der Waals surface area contributed by atoms with Gasteiger partial charge in [0.15, 0.2) is 0 Å². The zero-order valence-corrected chi connectivity index (χ0v) is 11.0. The standard InChI is InChI=1S/C13H14ClN3O/c1-8-6-12(13(18)16-15)9(2)17(8)11-5-3-4-10(14)7-11/h3-7H,15H2,1-2H3,(H,16,18). The molecule has 0 fully saturated rings. The van der Waals surface area contributed by atoms with Crippen molar-refractivity contribution in [3.8, 4) is 5.69 Å². The van der Waals surface area contributed by atoms with Crippen LogP contribution in [0.1, 0.15) is 21.7 Å².